The van der Waals surface area contributed by atoms with Gasteiger partial charge in [-0.2, -0.15) is 0 Å². The van der Waals surface area contributed by atoms with Crippen LogP contribution in [0.5, 0.6) is 0 Å². The van der Waals surface area contributed by atoms with Crippen molar-refractivity contribution < 1.29 is 28.6 Å². The quantitative estimate of drug-likeness (QED) is 0.0262. The van der Waals surface area contributed by atoms with E-state index in [0.717, 1.165) is 83.5 Å². The number of hydrogen-bond donors (Lipinski definition) is 0. The van der Waals surface area contributed by atoms with E-state index in [1.165, 1.54) is 167 Å². The van der Waals surface area contributed by atoms with Crippen molar-refractivity contribution in [2.24, 2.45) is 0 Å². The SMILES string of the molecule is CCCCC/C=C\C/C=C\CCCCCCCC(=O)O[C@H](COC(=O)CCCCCCCCC/C=C\CCCCCC)COC(=O)CCCCCCCCCCCCCCCCC. The Morgan fingerprint density at radius 3 is 0.937 bits per heavy atom. The average Bonchev–Trinajstić information content (AvgIpc) is 3.28. The maximum absolute atomic E-state index is 12.8. The minimum atomic E-state index is -0.777. The van der Waals surface area contributed by atoms with E-state index in [0.29, 0.717) is 19.3 Å². The molecule has 63 heavy (non-hydrogen) atoms. The Hall–Kier alpha value is -2.37. The third kappa shape index (κ3) is 50.5. The van der Waals surface area contributed by atoms with Crippen LogP contribution in [0.2, 0.25) is 0 Å². The highest BCUT2D eigenvalue weighted by Gasteiger charge is 2.19. The number of allylic oxidation sites excluding steroid dienone is 6. The fraction of sp³-hybridized carbons (Fsp3) is 0.842. The fourth-order valence-electron chi connectivity index (χ4n) is 7.94. The lowest BCUT2D eigenvalue weighted by atomic mass is 10.0. The molecule has 6 heteroatoms. The molecule has 0 aliphatic rings. The molecule has 1 atom stereocenters. The molecule has 0 aromatic carbocycles. The highest BCUT2D eigenvalue weighted by molar-refractivity contribution is 5.71. The first-order valence-corrected chi connectivity index (χ1v) is 27.5. The molecule has 0 saturated heterocycles. The average molecular weight is 885 g/mol. The van der Waals surface area contributed by atoms with Crippen LogP contribution < -0.4 is 0 Å². The van der Waals surface area contributed by atoms with Gasteiger partial charge in [-0.3, -0.25) is 14.4 Å². The van der Waals surface area contributed by atoms with Crippen LogP contribution in [0.1, 0.15) is 290 Å². The zero-order valence-corrected chi connectivity index (χ0v) is 42.1. The molecular formula is C57H104O6. The van der Waals surface area contributed by atoms with E-state index >= 15 is 0 Å². The van der Waals surface area contributed by atoms with E-state index < -0.39 is 6.10 Å². The number of carbonyl (C=O) groups is 3. The second kappa shape index (κ2) is 52.3. The van der Waals surface area contributed by atoms with Gasteiger partial charge in [0.2, 0.25) is 0 Å². The first-order chi connectivity index (χ1) is 31.0. The van der Waals surface area contributed by atoms with Crippen molar-refractivity contribution in [3.63, 3.8) is 0 Å². The largest absolute Gasteiger partial charge is 0.462 e. The summed E-state index contributed by atoms with van der Waals surface area (Å²) in [6.45, 7) is 6.62. The number of unbranched alkanes of at least 4 members (excludes halogenated alkanes) is 33. The molecule has 0 aromatic heterocycles. The lowest BCUT2D eigenvalue weighted by molar-refractivity contribution is -0.167. The van der Waals surface area contributed by atoms with Crippen molar-refractivity contribution in [2.45, 2.75) is 297 Å². The molecular weight excluding hydrogens is 781 g/mol. The van der Waals surface area contributed by atoms with E-state index in [2.05, 4.69) is 57.2 Å². The lowest BCUT2D eigenvalue weighted by Crippen LogP contribution is -2.30. The summed E-state index contributed by atoms with van der Waals surface area (Å²) in [7, 11) is 0. The van der Waals surface area contributed by atoms with Crippen LogP contribution in [0.25, 0.3) is 0 Å². The Bertz CT molecular complexity index is 1060. The van der Waals surface area contributed by atoms with E-state index in [9.17, 15) is 14.4 Å². The molecule has 0 saturated carbocycles. The summed E-state index contributed by atoms with van der Waals surface area (Å²) in [6.07, 6.45) is 61.2. The number of esters is 3. The smallest absolute Gasteiger partial charge is 0.306 e. The van der Waals surface area contributed by atoms with Crippen molar-refractivity contribution in [1.82, 2.24) is 0 Å². The van der Waals surface area contributed by atoms with Crippen LogP contribution in [0.3, 0.4) is 0 Å². The second-order valence-corrected chi connectivity index (χ2v) is 18.5. The summed E-state index contributed by atoms with van der Waals surface area (Å²) in [5, 5.41) is 0. The van der Waals surface area contributed by atoms with Crippen molar-refractivity contribution in [3.8, 4) is 0 Å². The van der Waals surface area contributed by atoms with Gasteiger partial charge in [0.25, 0.3) is 0 Å². The zero-order chi connectivity index (χ0) is 45.8. The third-order valence-corrected chi connectivity index (χ3v) is 12.1. The van der Waals surface area contributed by atoms with Crippen LogP contribution in [0, 0.1) is 0 Å². The first kappa shape index (κ1) is 60.6. The van der Waals surface area contributed by atoms with Gasteiger partial charge in [0, 0.05) is 19.3 Å². The summed E-state index contributed by atoms with van der Waals surface area (Å²) >= 11 is 0. The highest BCUT2D eigenvalue weighted by Crippen LogP contribution is 2.16. The fourth-order valence-corrected chi connectivity index (χ4v) is 7.94. The van der Waals surface area contributed by atoms with Crippen LogP contribution >= 0.6 is 0 Å². The van der Waals surface area contributed by atoms with E-state index in [4.69, 9.17) is 14.2 Å². The van der Waals surface area contributed by atoms with Gasteiger partial charge in [0.1, 0.15) is 13.2 Å². The Morgan fingerprint density at radius 1 is 0.317 bits per heavy atom. The minimum absolute atomic E-state index is 0.0759. The Balaban J connectivity index is 4.37. The molecule has 0 N–H and O–H groups in total. The summed E-state index contributed by atoms with van der Waals surface area (Å²) in [4.78, 5) is 38.1. The van der Waals surface area contributed by atoms with Crippen LogP contribution in [-0.4, -0.2) is 37.2 Å². The predicted octanol–water partition coefficient (Wildman–Crippen LogP) is 18.1. The van der Waals surface area contributed by atoms with Crippen LogP contribution in [0.4, 0.5) is 0 Å². The number of hydrogen-bond acceptors (Lipinski definition) is 6. The summed E-state index contributed by atoms with van der Waals surface area (Å²) < 4.78 is 16.8. The maximum Gasteiger partial charge on any atom is 0.306 e. The van der Waals surface area contributed by atoms with Crippen molar-refractivity contribution in [2.75, 3.05) is 13.2 Å². The number of carbonyl (C=O) groups excluding carboxylic acids is 3. The van der Waals surface area contributed by atoms with E-state index in [1.807, 2.05) is 0 Å². The van der Waals surface area contributed by atoms with Crippen molar-refractivity contribution in [1.29, 1.82) is 0 Å². The van der Waals surface area contributed by atoms with Gasteiger partial charge in [0.15, 0.2) is 6.10 Å². The maximum atomic E-state index is 12.8. The Kier molecular flexibility index (Phi) is 50.3. The lowest BCUT2D eigenvalue weighted by Gasteiger charge is -2.18. The van der Waals surface area contributed by atoms with Gasteiger partial charge in [-0.1, -0.05) is 231 Å². The molecule has 0 aromatic rings. The van der Waals surface area contributed by atoms with Crippen molar-refractivity contribution in [3.05, 3.63) is 36.5 Å². The van der Waals surface area contributed by atoms with Gasteiger partial charge in [0.05, 0.1) is 0 Å². The Labute approximate surface area is 391 Å². The monoisotopic (exact) mass is 885 g/mol. The first-order valence-electron chi connectivity index (χ1n) is 27.5. The molecule has 6 nitrogen and oxygen atoms in total. The van der Waals surface area contributed by atoms with Crippen LogP contribution in [0.15, 0.2) is 36.5 Å². The summed E-state index contributed by atoms with van der Waals surface area (Å²) in [6, 6.07) is 0. The van der Waals surface area contributed by atoms with Crippen LogP contribution in [-0.2, 0) is 28.6 Å². The second-order valence-electron chi connectivity index (χ2n) is 18.5. The van der Waals surface area contributed by atoms with E-state index in [-0.39, 0.29) is 31.1 Å². The standard InChI is InChI=1S/C57H104O6/c1-4-7-10-13-16-19-22-25-28-31-34-37-40-43-46-49-55(58)61-52-54(63-57(60)51-48-45-42-39-36-33-30-27-24-21-18-15-12-9-6-3)53-62-56(59)50-47-44-41-38-35-32-29-26-23-20-17-14-11-8-5-2/h18-19,21-22,27,30,54H,4-17,20,23-26,28-29,31-53H2,1-3H3/b21-18-,22-19-,30-27-/t54-/m1/s1. The third-order valence-electron chi connectivity index (χ3n) is 12.1. The topological polar surface area (TPSA) is 78.9 Å². The number of rotatable bonds is 50. The molecule has 0 amide bonds. The molecule has 0 aliphatic heterocycles. The zero-order valence-electron chi connectivity index (χ0n) is 42.1. The highest BCUT2D eigenvalue weighted by atomic mass is 16.6. The van der Waals surface area contributed by atoms with Gasteiger partial charge in [-0.05, 0) is 77.0 Å². The minimum Gasteiger partial charge on any atom is -0.462 e. The molecule has 0 radical (unpaired) electrons. The van der Waals surface area contributed by atoms with Crippen molar-refractivity contribution >= 4 is 17.9 Å². The molecule has 0 unspecified atom stereocenters. The molecule has 0 fully saturated rings. The molecule has 0 aliphatic carbocycles. The molecule has 0 spiro atoms. The molecule has 0 heterocycles. The summed E-state index contributed by atoms with van der Waals surface area (Å²) in [5.41, 5.74) is 0. The predicted molar refractivity (Wildman–Crippen MR) is 270 cm³/mol. The van der Waals surface area contributed by atoms with Gasteiger partial charge < -0.3 is 14.2 Å². The van der Waals surface area contributed by atoms with Gasteiger partial charge in [-0.25, -0.2) is 0 Å². The normalized spacial score (nSPS) is 12.2. The molecule has 0 rings (SSSR count). The van der Waals surface area contributed by atoms with Gasteiger partial charge in [-0.15, -0.1) is 0 Å². The van der Waals surface area contributed by atoms with Gasteiger partial charge >= 0.3 is 17.9 Å². The number of ether oxygens (including phenoxy) is 3. The molecule has 368 valence electrons. The summed E-state index contributed by atoms with van der Waals surface area (Å²) in [5.74, 6) is -0.881. The van der Waals surface area contributed by atoms with E-state index in [1.54, 1.807) is 0 Å². The molecule has 0 bridgehead atoms. The Morgan fingerprint density at radius 2 is 0.571 bits per heavy atom.